The van der Waals surface area contributed by atoms with Crippen molar-refractivity contribution in [1.29, 1.82) is 0 Å². The predicted molar refractivity (Wildman–Crippen MR) is 82.3 cm³/mol. The second kappa shape index (κ2) is 6.22. The Kier molecular flexibility index (Phi) is 4.61. The topological polar surface area (TPSA) is 16.4 Å². The van der Waals surface area contributed by atoms with Crippen LogP contribution < -0.4 is 0 Å². The third-order valence-corrected chi connectivity index (χ3v) is 4.76. The fourth-order valence-corrected chi connectivity index (χ4v) is 3.53. The first kappa shape index (κ1) is 14.1. The minimum atomic E-state index is 0.0806. The van der Waals surface area contributed by atoms with Crippen molar-refractivity contribution in [2.45, 2.75) is 25.3 Å². The van der Waals surface area contributed by atoms with E-state index in [1.165, 1.54) is 4.88 Å². The molecule has 0 spiro atoms. The van der Waals surface area contributed by atoms with Gasteiger partial charge in [-0.3, -0.25) is 4.90 Å². The van der Waals surface area contributed by atoms with Gasteiger partial charge in [-0.05, 0) is 56.6 Å². The summed E-state index contributed by atoms with van der Waals surface area (Å²) < 4.78 is 5.34. The quantitative estimate of drug-likeness (QED) is 0.765. The molecule has 1 atom stereocenters. The van der Waals surface area contributed by atoms with E-state index in [0.717, 1.165) is 18.6 Å². The van der Waals surface area contributed by atoms with Crippen molar-refractivity contribution < 1.29 is 4.42 Å². The molecule has 2 aromatic heterocycles. The molecule has 0 saturated carbocycles. The Labute approximate surface area is 119 Å². The molecule has 0 N–H and O–H groups in total. The van der Waals surface area contributed by atoms with Crippen LogP contribution in [0.15, 0.2) is 46.4 Å². The van der Waals surface area contributed by atoms with Gasteiger partial charge in [0.05, 0.1) is 11.8 Å². The van der Waals surface area contributed by atoms with Crippen LogP contribution >= 0.6 is 11.3 Å². The lowest BCUT2D eigenvalue weighted by molar-refractivity contribution is 0.152. The summed E-state index contributed by atoms with van der Waals surface area (Å²) >= 11 is 1.83. The lowest BCUT2D eigenvalue weighted by Gasteiger charge is -2.38. The first-order valence-corrected chi connectivity index (χ1v) is 7.48. The number of hydrogen-bond acceptors (Lipinski definition) is 3. The molecule has 19 heavy (non-hydrogen) atoms. The molecular formula is C16H21NOS. The maximum absolute atomic E-state index is 5.34. The van der Waals surface area contributed by atoms with Crippen molar-refractivity contribution in [3.63, 3.8) is 0 Å². The number of hydrogen-bond donors (Lipinski definition) is 0. The van der Waals surface area contributed by atoms with Crippen LogP contribution in [0, 0.1) is 0 Å². The van der Waals surface area contributed by atoms with Gasteiger partial charge in [0.1, 0.15) is 5.76 Å². The molecule has 0 aliphatic heterocycles. The van der Waals surface area contributed by atoms with Gasteiger partial charge in [0.25, 0.3) is 0 Å². The van der Waals surface area contributed by atoms with E-state index in [1.54, 1.807) is 6.26 Å². The van der Waals surface area contributed by atoms with Gasteiger partial charge in [-0.2, -0.15) is 0 Å². The zero-order valence-corrected chi connectivity index (χ0v) is 12.6. The molecule has 0 bridgehead atoms. The first-order chi connectivity index (χ1) is 9.19. The Hall–Kier alpha value is -1.32. The van der Waals surface area contributed by atoms with E-state index in [2.05, 4.69) is 55.6 Å². The van der Waals surface area contributed by atoms with E-state index < -0.39 is 0 Å². The Morgan fingerprint density at radius 2 is 2.16 bits per heavy atom. The fourth-order valence-electron chi connectivity index (χ4n) is 2.44. The monoisotopic (exact) mass is 275 g/mol. The van der Waals surface area contributed by atoms with Crippen molar-refractivity contribution in [3.05, 3.63) is 52.6 Å². The van der Waals surface area contributed by atoms with Crippen molar-refractivity contribution in [2.24, 2.45) is 0 Å². The minimum absolute atomic E-state index is 0.0806. The van der Waals surface area contributed by atoms with Crippen molar-refractivity contribution in [3.8, 4) is 0 Å². The van der Waals surface area contributed by atoms with Crippen LogP contribution in [0.3, 0.4) is 0 Å². The Balaban J connectivity index is 2.19. The minimum Gasteiger partial charge on any atom is -0.465 e. The summed E-state index contributed by atoms with van der Waals surface area (Å²) in [6, 6.07) is 8.25. The van der Waals surface area contributed by atoms with Crippen LogP contribution in [0.25, 0.3) is 6.08 Å². The molecule has 0 aromatic carbocycles. The second-order valence-corrected chi connectivity index (χ2v) is 5.83. The summed E-state index contributed by atoms with van der Waals surface area (Å²) in [6.07, 6.45) is 8.04. The highest BCUT2D eigenvalue weighted by molar-refractivity contribution is 7.10. The number of thiophene rings is 1. The van der Waals surface area contributed by atoms with E-state index in [-0.39, 0.29) is 5.54 Å². The van der Waals surface area contributed by atoms with Gasteiger partial charge in [-0.15, -0.1) is 11.3 Å². The summed E-state index contributed by atoms with van der Waals surface area (Å²) in [4.78, 5) is 3.75. The van der Waals surface area contributed by atoms with Crippen molar-refractivity contribution in [2.75, 3.05) is 14.1 Å². The summed E-state index contributed by atoms with van der Waals surface area (Å²) in [6.45, 7) is 2.25. The van der Waals surface area contributed by atoms with E-state index in [1.807, 2.05) is 23.5 Å². The molecule has 0 radical (unpaired) electrons. The number of furan rings is 1. The molecule has 0 fully saturated rings. The average Bonchev–Trinajstić information content (AvgIpc) is 3.07. The molecule has 1 unspecified atom stereocenters. The van der Waals surface area contributed by atoms with Gasteiger partial charge in [-0.25, -0.2) is 0 Å². The molecule has 2 nitrogen and oxygen atoms in total. The molecule has 0 aliphatic rings. The summed E-state index contributed by atoms with van der Waals surface area (Å²) in [5.74, 6) is 0.912. The lowest BCUT2D eigenvalue weighted by atomic mass is 9.88. The largest absolute Gasteiger partial charge is 0.465 e. The molecule has 2 heterocycles. The summed E-state index contributed by atoms with van der Waals surface area (Å²) in [5, 5.41) is 2.15. The Bertz CT molecular complexity index is 499. The van der Waals surface area contributed by atoms with Gasteiger partial charge in [0, 0.05) is 4.88 Å². The van der Waals surface area contributed by atoms with E-state index in [0.29, 0.717) is 0 Å². The second-order valence-electron chi connectivity index (χ2n) is 4.88. The van der Waals surface area contributed by atoms with Gasteiger partial charge >= 0.3 is 0 Å². The number of rotatable bonds is 6. The van der Waals surface area contributed by atoms with Gasteiger partial charge < -0.3 is 4.42 Å². The third-order valence-electron chi connectivity index (χ3n) is 3.70. The van der Waals surface area contributed by atoms with Crippen LogP contribution in [-0.4, -0.2) is 19.0 Å². The fraction of sp³-hybridized carbons (Fsp3) is 0.375. The normalized spacial score (nSPS) is 15.2. The number of nitrogens with zero attached hydrogens (tertiary/aromatic N) is 1. The van der Waals surface area contributed by atoms with E-state index >= 15 is 0 Å². The van der Waals surface area contributed by atoms with Crippen LogP contribution in [0.5, 0.6) is 0 Å². The zero-order valence-electron chi connectivity index (χ0n) is 11.8. The van der Waals surface area contributed by atoms with Crippen molar-refractivity contribution >= 4 is 17.4 Å². The Morgan fingerprint density at radius 1 is 1.32 bits per heavy atom. The Morgan fingerprint density at radius 3 is 2.68 bits per heavy atom. The van der Waals surface area contributed by atoms with E-state index in [4.69, 9.17) is 4.42 Å². The summed E-state index contributed by atoms with van der Waals surface area (Å²) in [5.41, 5.74) is 0.0806. The lowest BCUT2D eigenvalue weighted by Crippen LogP contribution is -2.39. The highest BCUT2D eigenvalue weighted by Crippen LogP contribution is 2.37. The molecule has 102 valence electrons. The molecule has 2 rings (SSSR count). The van der Waals surface area contributed by atoms with Crippen molar-refractivity contribution in [1.82, 2.24) is 4.90 Å². The zero-order chi connectivity index (χ0) is 13.7. The maximum atomic E-state index is 5.34. The molecule has 0 saturated heterocycles. The standard InChI is InChI=1S/C16H21NOS/c1-4-16(17(2)3,15-10-7-13-19-15)11-5-8-14-9-6-12-18-14/h5-10,12-13H,4,11H2,1-3H3. The van der Waals surface area contributed by atoms with Crippen LogP contribution in [-0.2, 0) is 5.54 Å². The molecular weight excluding hydrogens is 254 g/mol. The molecule has 0 aliphatic carbocycles. The predicted octanol–water partition coefficient (Wildman–Crippen LogP) is 4.61. The van der Waals surface area contributed by atoms with Gasteiger partial charge in [0.15, 0.2) is 0 Å². The van der Waals surface area contributed by atoms with E-state index in [9.17, 15) is 0 Å². The highest BCUT2D eigenvalue weighted by atomic mass is 32.1. The van der Waals surface area contributed by atoms with Crippen LogP contribution in [0.1, 0.15) is 30.4 Å². The SMILES string of the molecule is CCC(CC=Cc1ccco1)(c1cccs1)N(C)C. The molecule has 0 amide bonds. The smallest absolute Gasteiger partial charge is 0.126 e. The average molecular weight is 275 g/mol. The summed E-state index contributed by atoms with van der Waals surface area (Å²) in [7, 11) is 4.31. The van der Waals surface area contributed by atoms with Crippen LogP contribution in [0.2, 0.25) is 0 Å². The highest BCUT2D eigenvalue weighted by Gasteiger charge is 2.32. The van der Waals surface area contributed by atoms with Gasteiger partial charge in [-0.1, -0.05) is 19.1 Å². The third kappa shape index (κ3) is 2.99. The maximum Gasteiger partial charge on any atom is 0.126 e. The molecule has 2 aromatic rings. The van der Waals surface area contributed by atoms with Crippen LogP contribution in [0.4, 0.5) is 0 Å². The molecule has 3 heteroatoms. The van der Waals surface area contributed by atoms with Gasteiger partial charge in [0.2, 0.25) is 0 Å². The first-order valence-electron chi connectivity index (χ1n) is 6.60.